The van der Waals surface area contributed by atoms with Crippen molar-refractivity contribution in [1.29, 1.82) is 0 Å². The van der Waals surface area contributed by atoms with E-state index in [1.807, 2.05) is 6.92 Å². The molecule has 0 bridgehead atoms. The molecule has 4 heteroatoms. The Balaban J connectivity index is 2.59. The standard InChI is InChI=1S/C12H24N2O2/c1-4-14(5-2)10-7-8-12(13,9-10)11(15)16-6-3/h10H,4-9,13H2,1-3H3. The van der Waals surface area contributed by atoms with Gasteiger partial charge in [0.15, 0.2) is 0 Å². The molecule has 1 aliphatic carbocycles. The van der Waals surface area contributed by atoms with E-state index in [2.05, 4.69) is 18.7 Å². The van der Waals surface area contributed by atoms with E-state index in [1.165, 1.54) is 0 Å². The van der Waals surface area contributed by atoms with Crippen LogP contribution < -0.4 is 5.73 Å². The van der Waals surface area contributed by atoms with E-state index >= 15 is 0 Å². The molecule has 4 nitrogen and oxygen atoms in total. The first kappa shape index (κ1) is 13.5. The molecule has 0 aliphatic heterocycles. The fourth-order valence-corrected chi connectivity index (χ4v) is 2.56. The Morgan fingerprint density at radius 3 is 2.56 bits per heavy atom. The van der Waals surface area contributed by atoms with Crippen LogP contribution >= 0.6 is 0 Å². The number of esters is 1. The molecule has 1 fully saturated rings. The first-order chi connectivity index (χ1) is 7.57. The molecule has 1 saturated carbocycles. The lowest BCUT2D eigenvalue weighted by atomic mass is 9.99. The van der Waals surface area contributed by atoms with E-state index in [1.54, 1.807) is 0 Å². The molecule has 0 aromatic rings. The summed E-state index contributed by atoms with van der Waals surface area (Å²) >= 11 is 0. The average Bonchev–Trinajstić information content (AvgIpc) is 2.65. The number of nitrogens with two attached hydrogens (primary N) is 1. The summed E-state index contributed by atoms with van der Waals surface area (Å²) in [6.45, 7) is 8.54. The number of ether oxygens (including phenoxy) is 1. The zero-order chi connectivity index (χ0) is 12.2. The number of carbonyl (C=O) groups is 1. The molecule has 2 N–H and O–H groups in total. The quantitative estimate of drug-likeness (QED) is 0.717. The SMILES string of the molecule is CCOC(=O)C1(N)CCC(N(CC)CC)C1. The maximum Gasteiger partial charge on any atom is 0.326 e. The predicted molar refractivity (Wildman–Crippen MR) is 64.1 cm³/mol. The minimum Gasteiger partial charge on any atom is -0.465 e. The first-order valence-electron chi connectivity index (χ1n) is 6.27. The van der Waals surface area contributed by atoms with E-state index in [-0.39, 0.29) is 5.97 Å². The van der Waals surface area contributed by atoms with Crippen LogP contribution in [0.15, 0.2) is 0 Å². The van der Waals surface area contributed by atoms with Crippen LogP contribution in [0.2, 0.25) is 0 Å². The first-order valence-corrected chi connectivity index (χ1v) is 6.27. The van der Waals surface area contributed by atoms with E-state index in [4.69, 9.17) is 10.5 Å². The smallest absolute Gasteiger partial charge is 0.326 e. The highest BCUT2D eigenvalue weighted by atomic mass is 16.5. The number of carbonyl (C=O) groups excluding carboxylic acids is 1. The molecule has 0 amide bonds. The molecule has 2 unspecified atom stereocenters. The molecule has 0 aromatic heterocycles. The zero-order valence-electron chi connectivity index (χ0n) is 10.7. The molecule has 16 heavy (non-hydrogen) atoms. The maximum atomic E-state index is 11.7. The van der Waals surface area contributed by atoms with E-state index in [9.17, 15) is 4.79 Å². The largest absolute Gasteiger partial charge is 0.465 e. The van der Waals surface area contributed by atoms with Gasteiger partial charge in [0.2, 0.25) is 0 Å². The van der Waals surface area contributed by atoms with Crippen LogP contribution in [0.5, 0.6) is 0 Å². The molecular formula is C12H24N2O2. The minimum atomic E-state index is -0.747. The van der Waals surface area contributed by atoms with Crippen molar-refractivity contribution in [1.82, 2.24) is 4.90 Å². The fourth-order valence-electron chi connectivity index (χ4n) is 2.56. The average molecular weight is 228 g/mol. The summed E-state index contributed by atoms with van der Waals surface area (Å²) in [5.41, 5.74) is 5.38. The third-order valence-corrected chi connectivity index (χ3v) is 3.53. The summed E-state index contributed by atoms with van der Waals surface area (Å²) in [4.78, 5) is 14.1. The Morgan fingerprint density at radius 1 is 1.44 bits per heavy atom. The number of nitrogens with zero attached hydrogens (tertiary/aromatic N) is 1. The third kappa shape index (κ3) is 2.74. The van der Waals surface area contributed by atoms with Gasteiger partial charge in [0.1, 0.15) is 5.54 Å². The van der Waals surface area contributed by atoms with Gasteiger partial charge in [0, 0.05) is 6.04 Å². The topological polar surface area (TPSA) is 55.6 Å². The summed E-state index contributed by atoms with van der Waals surface area (Å²) in [7, 11) is 0. The number of rotatable bonds is 5. The van der Waals surface area contributed by atoms with Crippen LogP contribution in [0.3, 0.4) is 0 Å². The second-order valence-corrected chi connectivity index (χ2v) is 4.49. The predicted octanol–water partition coefficient (Wildman–Crippen LogP) is 1.14. The molecular weight excluding hydrogens is 204 g/mol. The zero-order valence-corrected chi connectivity index (χ0v) is 10.7. The second-order valence-electron chi connectivity index (χ2n) is 4.49. The highest BCUT2D eigenvalue weighted by Gasteiger charge is 2.44. The van der Waals surface area contributed by atoms with Gasteiger partial charge >= 0.3 is 5.97 Å². The lowest BCUT2D eigenvalue weighted by Crippen LogP contribution is -2.48. The Bertz CT molecular complexity index is 241. The monoisotopic (exact) mass is 228 g/mol. The van der Waals surface area contributed by atoms with Gasteiger partial charge in [-0.05, 0) is 39.3 Å². The molecule has 2 atom stereocenters. The van der Waals surface area contributed by atoms with Crippen LogP contribution in [0.4, 0.5) is 0 Å². The number of hydrogen-bond donors (Lipinski definition) is 1. The van der Waals surface area contributed by atoms with Gasteiger partial charge in [0.05, 0.1) is 6.61 Å². The summed E-state index contributed by atoms with van der Waals surface area (Å²) in [6, 6.07) is 0.435. The van der Waals surface area contributed by atoms with Crippen molar-refractivity contribution in [2.75, 3.05) is 19.7 Å². The summed E-state index contributed by atoms with van der Waals surface area (Å²) < 4.78 is 5.04. The van der Waals surface area contributed by atoms with Crippen molar-refractivity contribution in [3.05, 3.63) is 0 Å². The fraction of sp³-hybridized carbons (Fsp3) is 0.917. The lowest BCUT2D eigenvalue weighted by Gasteiger charge is -2.27. The van der Waals surface area contributed by atoms with Crippen LogP contribution in [-0.4, -0.2) is 42.1 Å². The summed E-state index contributed by atoms with van der Waals surface area (Å²) in [6.07, 6.45) is 2.47. The van der Waals surface area contributed by atoms with Crippen molar-refractivity contribution in [2.45, 2.75) is 51.6 Å². The van der Waals surface area contributed by atoms with Crippen molar-refractivity contribution in [3.63, 3.8) is 0 Å². The molecule has 0 heterocycles. The lowest BCUT2D eigenvalue weighted by molar-refractivity contribution is -0.149. The molecule has 0 aromatic carbocycles. The van der Waals surface area contributed by atoms with Crippen LogP contribution in [0.25, 0.3) is 0 Å². The van der Waals surface area contributed by atoms with Crippen molar-refractivity contribution in [3.8, 4) is 0 Å². The molecule has 1 rings (SSSR count). The Morgan fingerprint density at radius 2 is 2.06 bits per heavy atom. The van der Waals surface area contributed by atoms with Gasteiger partial charge in [-0.15, -0.1) is 0 Å². The Labute approximate surface area is 98.1 Å². The highest BCUT2D eigenvalue weighted by molar-refractivity contribution is 5.81. The Hall–Kier alpha value is -0.610. The molecule has 0 radical (unpaired) electrons. The van der Waals surface area contributed by atoms with Gasteiger partial charge in [-0.25, -0.2) is 0 Å². The van der Waals surface area contributed by atoms with Gasteiger partial charge in [-0.2, -0.15) is 0 Å². The van der Waals surface area contributed by atoms with Crippen molar-refractivity contribution in [2.24, 2.45) is 5.73 Å². The Kier molecular flexibility index (Phi) is 4.74. The van der Waals surface area contributed by atoms with Crippen LogP contribution in [0, 0.1) is 0 Å². The molecule has 0 saturated heterocycles. The van der Waals surface area contributed by atoms with Crippen LogP contribution in [-0.2, 0) is 9.53 Å². The van der Waals surface area contributed by atoms with Crippen molar-refractivity contribution >= 4 is 5.97 Å². The summed E-state index contributed by atoms with van der Waals surface area (Å²) in [5, 5.41) is 0. The molecule has 1 aliphatic rings. The van der Waals surface area contributed by atoms with Crippen LogP contribution in [0.1, 0.15) is 40.0 Å². The van der Waals surface area contributed by atoms with Gasteiger partial charge in [-0.3, -0.25) is 4.79 Å². The third-order valence-electron chi connectivity index (χ3n) is 3.53. The highest BCUT2D eigenvalue weighted by Crippen LogP contribution is 2.32. The second kappa shape index (κ2) is 5.64. The van der Waals surface area contributed by atoms with Gasteiger partial charge in [-0.1, -0.05) is 13.8 Å². The van der Waals surface area contributed by atoms with Gasteiger partial charge in [0.25, 0.3) is 0 Å². The maximum absolute atomic E-state index is 11.7. The molecule has 94 valence electrons. The van der Waals surface area contributed by atoms with E-state index in [0.717, 1.165) is 32.4 Å². The van der Waals surface area contributed by atoms with E-state index in [0.29, 0.717) is 12.6 Å². The molecule has 0 spiro atoms. The van der Waals surface area contributed by atoms with Gasteiger partial charge < -0.3 is 15.4 Å². The minimum absolute atomic E-state index is 0.232. The normalized spacial score (nSPS) is 29.7. The number of hydrogen-bond acceptors (Lipinski definition) is 4. The van der Waals surface area contributed by atoms with Crippen molar-refractivity contribution < 1.29 is 9.53 Å². The van der Waals surface area contributed by atoms with E-state index < -0.39 is 5.54 Å². The summed E-state index contributed by atoms with van der Waals surface area (Å²) in [5.74, 6) is -0.232.